The number of carbonyl (C=O) groups is 4. The van der Waals surface area contributed by atoms with Crippen molar-refractivity contribution in [1.29, 1.82) is 0 Å². The largest absolute Gasteiger partial charge is 0.459 e. The smallest absolute Gasteiger partial charge is 0.330 e. The standard InChI is InChI=1S/C44H82O4.C20H40.C8H10O4.CH4/c1-3-5-7-9-11-13-15-17-19-21-23-25-27-29-31-33-35-37-39-43(45)47-41-42-48-44(46)40-38-36-34-32-30-28-26-24-22-20-18-16-14-12-10-8-6-4-2;1-3-5-7-9-11-13-15-17-19-20-18-16-14-12-10-8-6-4-2;1-3-7(9)11-5-6-12-8(10)4-2;/h37-40H,3-36,41-42H2,1-2H3;3H,1,4-20H2,2H3;3-4H,1-2,5-6H2;1H4/b39-37+,40-38+;;;. The summed E-state index contributed by atoms with van der Waals surface area (Å²) in [6.07, 6.45) is 80.8. The van der Waals surface area contributed by atoms with E-state index >= 15 is 0 Å². The Morgan fingerprint density at radius 2 is 0.432 bits per heavy atom. The Labute approximate surface area is 504 Å². The molecule has 0 aliphatic rings. The molecular formula is C73H136O8. The maximum atomic E-state index is 11.8. The third kappa shape index (κ3) is 83.1. The van der Waals surface area contributed by atoms with Crippen molar-refractivity contribution in [2.75, 3.05) is 26.4 Å². The fourth-order valence-electron chi connectivity index (χ4n) is 9.60. The van der Waals surface area contributed by atoms with Crippen LogP contribution < -0.4 is 0 Å². The molecule has 0 rings (SSSR count). The van der Waals surface area contributed by atoms with Gasteiger partial charge in [0.1, 0.15) is 26.4 Å². The van der Waals surface area contributed by atoms with Gasteiger partial charge in [-0.2, -0.15) is 0 Å². The van der Waals surface area contributed by atoms with Crippen molar-refractivity contribution < 1.29 is 38.1 Å². The van der Waals surface area contributed by atoms with E-state index in [9.17, 15) is 19.2 Å². The fraction of sp³-hybridized carbons (Fsp3) is 0.808. The van der Waals surface area contributed by atoms with E-state index in [-0.39, 0.29) is 45.8 Å². The van der Waals surface area contributed by atoms with E-state index in [1.807, 2.05) is 18.2 Å². The van der Waals surface area contributed by atoms with E-state index < -0.39 is 11.9 Å². The Kier molecular flexibility index (Phi) is 81.6. The summed E-state index contributed by atoms with van der Waals surface area (Å²) in [6.45, 7) is 17.3. The molecule has 0 radical (unpaired) electrons. The fourth-order valence-corrected chi connectivity index (χ4v) is 9.60. The summed E-state index contributed by atoms with van der Waals surface area (Å²) < 4.78 is 19.3. The van der Waals surface area contributed by atoms with Crippen molar-refractivity contribution in [3.8, 4) is 0 Å². The molecule has 0 N–H and O–H groups in total. The van der Waals surface area contributed by atoms with Crippen molar-refractivity contribution in [1.82, 2.24) is 0 Å². The Hall–Kier alpha value is -3.42. The second-order valence-corrected chi connectivity index (χ2v) is 22.4. The van der Waals surface area contributed by atoms with E-state index in [0.717, 1.165) is 37.8 Å². The van der Waals surface area contributed by atoms with Gasteiger partial charge in [-0.15, -0.1) is 6.58 Å². The topological polar surface area (TPSA) is 105 Å². The minimum absolute atomic E-state index is 0. The van der Waals surface area contributed by atoms with Gasteiger partial charge in [-0.3, -0.25) is 0 Å². The van der Waals surface area contributed by atoms with Crippen LogP contribution in [0.1, 0.15) is 356 Å². The summed E-state index contributed by atoms with van der Waals surface area (Å²) in [4.78, 5) is 44.5. The van der Waals surface area contributed by atoms with Crippen LogP contribution in [0.5, 0.6) is 0 Å². The number of allylic oxidation sites excluding steroid dienone is 3. The molecule has 0 bridgehead atoms. The van der Waals surface area contributed by atoms with E-state index in [2.05, 4.69) is 50.0 Å². The number of rotatable bonds is 61. The number of esters is 4. The molecule has 0 aromatic rings. The zero-order valence-electron chi connectivity index (χ0n) is 53.3. The summed E-state index contributed by atoms with van der Waals surface area (Å²) in [7, 11) is 0. The third-order valence-corrected chi connectivity index (χ3v) is 14.7. The van der Waals surface area contributed by atoms with Gasteiger partial charge in [0.05, 0.1) is 0 Å². The van der Waals surface area contributed by atoms with Gasteiger partial charge in [0.25, 0.3) is 0 Å². The van der Waals surface area contributed by atoms with E-state index in [1.54, 1.807) is 0 Å². The first-order chi connectivity index (χ1) is 39.3. The van der Waals surface area contributed by atoms with Crippen LogP contribution in [0.4, 0.5) is 0 Å². The molecule has 0 amide bonds. The molecule has 0 unspecified atom stereocenters. The molecule has 0 aliphatic heterocycles. The first-order valence-electron chi connectivity index (χ1n) is 34.2. The first kappa shape index (κ1) is 84.0. The lowest BCUT2D eigenvalue weighted by Gasteiger charge is -2.04. The SMILES string of the molecule is C.C=CC(=O)OCCOC(=O)C=C.C=CCCCCCCCCCCCCCCCCCC.CCCCCCCCCCCCCCCCCC/C=C/C(=O)OCCOC(=O)/C=C/CCCCCCCCCCCCCCCCCC. The predicted octanol–water partition coefficient (Wildman–Crippen LogP) is 23.4. The molecule has 0 aliphatic carbocycles. The summed E-state index contributed by atoms with van der Waals surface area (Å²) in [6, 6.07) is 0. The first-order valence-corrected chi connectivity index (χ1v) is 34.2. The Morgan fingerprint density at radius 1 is 0.259 bits per heavy atom. The van der Waals surface area contributed by atoms with Crippen LogP contribution in [0.2, 0.25) is 0 Å². The Bertz CT molecular complexity index is 1290. The number of hydrogen-bond acceptors (Lipinski definition) is 8. The second kappa shape index (κ2) is 78.6. The van der Waals surface area contributed by atoms with Crippen LogP contribution in [-0.2, 0) is 38.1 Å². The molecule has 0 aromatic heterocycles. The summed E-state index contributed by atoms with van der Waals surface area (Å²) in [5, 5.41) is 0. The number of hydrogen-bond donors (Lipinski definition) is 0. The van der Waals surface area contributed by atoms with Crippen LogP contribution in [0, 0.1) is 0 Å². The molecule has 0 spiro atoms. The van der Waals surface area contributed by atoms with Gasteiger partial charge < -0.3 is 18.9 Å². The number of unbranched alkanes of at least 4 members (excludes halogenated alkanes) is 48. The molecular weight excluding hydrogens is 1000 g/mol. The molecule has 8 nitrogen and oxygen atoms in total. The maximum Gasteiger partial charge on any atom is 0.330 e. The van der Waals surface area contributed by atoms with Crippen LogP contribution in [0.15, 0.2) is 62.3 Å². The van der Waals surface area contributed by atoms with Crippen molar-refractivity contribution in [3.05, 3.63) is 62.3 Å². The van der Waals surface area contributed by atoms with Gasteiger partial charge in [-0.05, 0) is 38.5 Å². The normalized spacial score (nSPS) is 10.8. The highest BCUT2D eigenvalue weighted by atomic mass is 16.6. The number of carbonyl (C=O) groups excluding carboxylic acids is 4. The molecule has 476 valence electrons. The minimum Gasteiger partial charge on any atom is -0.459 e. The molecule has 0 saturated carbocycles. The van der Waals surface area contributed by atoms with Gasteiger partial charge in [-0.25, -0.2) is 19.2 Å². The highest BCUT2D eigenvalue weighted by Gasteiger charge is 2.02. The average Bonchev–Trinajstić information content (AvgIpc) is 3.46. The van der Waals surface area contributed by atoms with Gasteiger partial charge in [-0.1, -0.05) is 349 Å². The Morgan fingerprint density at radius 3 is 0.617 bits per heavy atom. The van der Waals surface area contributed by atoms with Crippen molar-refractivity contribution in [2.24, 2.45) is 0 Å². The van der Waals surface area contributed by atoms with E-state index in [0.29, 0.717) is 0 Å². The summed E-state index contributed by atoms with van der Waals surface area (Å²) in [5.74, 6) is -1.79. The summed E-state index contributed by atoms with van der Waals surface area (Å²) in [5.41, 5.74) is 0. The molecule has 8 heteroatoms. The van der Waals surface area contributed by atoms with Crippen LogP contribution in [0.25, 0.3) is 0 Å². The maximum absolute atomic E-state index is 11.8. The second-order valence-electron chi connectivity index (χ2n) is 22.4. The molecule has 0 aromatic carbocycles. The summed E-state index contributed by atoms with van der Waals surface area (Å²) >= 11 is 0. The molecule has 0 atom stereocenters. The Balaban J connectivity index is -0.000000730. The van der Waals surface area contributed by atoms with E-state index in [4.69, 9.17) is 9.47 Å². The third-order valence-electron chi connectivity index (χ3n) is 14.7. The highest BCUT2D eigenvalue weighted by Crippen LogP contribution is 2.17. The van der Waals surface area contributed by atoms with Crippen molar-refractivity contribution in [3.63, 3.8) is 0 Å². The number of ether oxygens (including phenoxy) is 4. The highest BCUT2D eigenvalue weighted by molar-refractivity contribution is 5.83. The van der Waals surface area contributed by atoms with Gasteiger partial charge in [0, 0.05) is 24.3 Å². The monoisotopic (exact) mass is 1140 g/mol. The minimum atomic E-state index is -0.537. The zero-order valence-corrected chi connectivity index (χ0v) is 53.3. The lowest BCUT2D eigenvalue weighted by atomic mass is 10.0. The van der Waals surface area contributed by atoms with Crippen LogP contribution in [-0.4, -0.2) is 50.3 Å². The van der Waals surface area contributed by atoms with Gasteiger partial charge >= 0.3 is 23.9 Å². The van der Waals surface area contributed by atoms with Crippen LogP contribution >= 0.6 is 0 Å². The zero-order chi connectivity index (χ0) is 59.0. The molecule has 0 fully saturated rings. The molecule has 0 heterocycles. The predicted molar refractivity (Wildman–Crippen MR) is 352 cm³/mol. The van der Waals surface area contributed by atoms with Gasteiger partial charge in [0.2, 0.25) is 0 Å². The average molecular weight is 1140 g/mol. The van der Waals surface area contributed by atoms with Crippen molar-refractivity contribution >= 4 is 23.9 Å². The van der Waals surface area contributed by atoms with Crippen molar-refractivity contribution in [2.45, 2.75) is 356 Å². The lowest BCUT2D eigenvalue weighted by molar-refractivity contribution is -0.146. The quantitative estimate of drug-likeness (QED) is 0.0195. The van der Waals surface area contributed by atoms with Crippen LogP contribution in [0.3, 0.4) is 0 Å². The van der Waals surface area contributed by atoms with E-state index in [1.165, 1.54) is 314 Å². The molecule has 0 saturated heterocycles. The molecule has 81 heavy (non-hydrogen) atoms. The van der Waals surface area contributed by atoms with Gasteiger partial charge in [0.15, 0.2) is 0 Å². The lowest BCUT2D eigenvalue weighted by Crippen LogP contribution is -2.11.